The van der Waals surface area contributed by atoms with Crippen LogP contribution in [0.1, 0.15) is 39.2 Å². The third-order valence-electron chi connectivity index (χ3n) is 3.19. The SMILES string of the molecule is CC(C)(C)OC(=O)N1C[C@@H]1CC/C=C/c1ccc(Cl)cc1. The summed E-state index contributed by atoms with van der Waals surface area (Å²) in [5.41, 5.74) is 0.720. The Morgan fingerprint density at radius 1 is 1.38 bits per heavy atom. The molecule has 1 saturated heterocycles. The molecular formula is C17H22ClNO2. The zero-order valence-corrected chi connectivity index (χ0v) is 13.6. The molecule has 1 heterocycles. The van der Waals surface area contributed by atoms with E-state index >= 15 is 0 Å². The summed E-state index contributed by atoms with van der Waals surface area (Å²) >= 11 is 5.84. The molecule has 0 unspecified atom stereocenters. The lowest BCUT2D eigenvalue weighted by Crippen LogP contribution is -2.27. The Morgan fingerprint density at radius 3 is 2.67 bits per heavy atom. The molecule has 0 radical (unpaired) electrons. The molecule has 114 valence electrons. The summed E-state index contributed by atoms with van der Waals surface area (Å²) in [6.45, 7) is 6.47. The van der Waals surface area contributed by atoms with E-state index in [-0.39, 0.29) is 6.09 Å². The highest BCUT2D eigenvalue weighted by molar-refractivity contribution is 6.30. The van der Waals surface area contributed by atoms with Crippen molar-refractivity contribution in [3.63, 3.8) is 0 Å². The number of carbonyl (C=O) groups excluding carboxylic acids is 1. The van der Waals surface area contributed by atoms with E-state index in [0.29, 0.717) is 6.04 Å². The number of amides is 1. The summed E-state index contributed by atoms with van der Waals surface area (Å²) in [6, 6.07) is 8.07. The van der Waals surface area contributed by atoms with Crippen LogP contribution in [0.4, 0.5) is 4.79 Å². The van der Waals surface area contributed by atoms with Crippen LogP contribution in [0.3, 0.4) is 0 Å². The number of rotatable bonds is 4. The highest BCUT2D eigenvalue weighted by Crippen LogP contribution is 2.25. The zero-order valence-electron chi connectivity index (χ0n) is 12.8. The predicted octanol–water partition coefficient (Wildman–Crippen LogP) is 4.75. The minimum absolute atomic E-state index is 0.200. The summed E-state index contributed by atoms with van der Waals surface area (Å²) < 4.78 is 5.34. The van der Waals surface area contributed by atoms with Crippen molar-refractivity contribution in [3.8, 4) is 0 Å². The lowest BCUT2D eigenvalue weighted by molar-refractivity contribution is 0.0406. The van der Waals surface area contributed by atoms with Crippen molar-refractivity contribution in [1.82, 2.24) is 4.90 Å². The minimum atomic E-state index is -0.418. The first-order valence-corrected chi connectivity index (χ1v) is 7.65. The second-order valence-electron chi connectivity index (χ2n) is 6.32. The van der Waals surface area contributed by atoms with Gasteiger partial charge in [0.15, 0.2) is 0 Å². The third kappa shape index (κ3) is 5.43. The summed E-state index contributed by atoms with van der Waals surface area (Å²) in [7, 11) is 0. The van der Waals surface area contributed by atoms with Gasteiger partial charge in [-0.2, -0.15) is 0 Å². The molecular weight excluding hydrogens is 286 g/mol. The molecule has 0 aliphatic carbocycles. The first kappa shape index (κ1) is 15.9. The van der Waals surface area contributed by atoms with Gasteiger partial charge in [-0.15, -0.1) is 0 Å². The number of allylic oxidation sites excluding steroid dienone is 1. The molecule has 2 rings (SSSR count). The fraction of sp³-hybridized carbons (Fsp3) is 0.471. The lowest BCUT2D eigenvalue weighted by atomic mass is 10.1. The Morgan fingerprint density at radius 2 is 2.05 bits per heavy atom. The quantitative estimate of drug-likeness (QED) is 0.751. The maximum atomic E-state index is 11.8. The van der Waals surface area contributed by atoms with Gasteiger partial charge in [0.05, 0.1) is 6.04 Å². The topological polar surface area (TPSA) is 29.3 Å². The number of nitrogens with zero attached hydrogens (tertiary/aromatic N) is 1. The van der Waals surface area contributed by atoms with Crippen LogP contribution in [0.15, 0.2) is 30.3 Å². The van der Waals surface area contributed by atoms with Crippen LogP contribution in [0, 0.1) is 0 Å². The van der Waals surface area contributed by atoms with Crippen LogP contribution in [-0.4, -0.2) is 29.2 Å². The molecule has 21 heavy (non-hydrogen) atoms. The summed E-state index contributed by atoms with van der Waals surface area (Å²) in [5.74, 6) is 0. The van der Waals surface area contributed by atoms with E-state index in [1.807, 2.05) is 45.0 Å². The third-order valence-corrected chi connectivity index (χ3v) is 3.44. The van der Waals surface area contributed by atoms with Crippen LogP contribution in [0.5, 0.6) is 0 Å². The molecule has 1 aliphatic rings. The Balaban J connectivity index is 1.69. The van der Waals surface area contributed by atoms with Crippen molar-refractivity contribution < 1.29 is 9.53 Å². The Hall–Kier alpha value is -1.48. The van der Waals surface area contributed by atoms with Crippen molar-refractivity contribution in [3.05, 3.63) is 40.9 Å². The van der Waals surface area contributed by atoms with E-state index in [1.54, 1.807) is 4.90 Å². The second kappa shape index (κ2) is 6.52. The van der Waals surface area contributed by atoms with E-state index < -0.39 is 5.60 Å². The Kier molecular flexibility index (Phi) is 4.94. The monoisotopic (exact) mass is 307 g/mol. The van der Waals surface area contributed by atoms with Gasteiger partial charge in [0.1, 0.15) is 5.60 Å². The number of ether oxygens (including phenoxy) is 1. The molecule has 1 atom stereocenters. The number of hydrogen-bond donors (Lipinski definition) is 0. The molecule has 1 aliphatic heterocycles. The molecule has 1 aromatic carbocycles. The zero-order chi connectivity index (χ0) is 15.5. The van der Waals surface area contributed by atoms with E-state index in [4.69, 9.17) is 16.3 Å². The fourth-order valence-corrected chi connectivity index (χ4v) is 2.18. The van der Waals surface area contributed by atoms with Gasteiger partial charge in [0, 0.05) is 11.6 Å². The normalized spacial score (nSPS) is 18.1. The number of hydrogen-bond acceptors (Lipinski definition) is 2. The average Bonchev–Trinajstić information content (AvgIpc) is 3.14. The first-order valence-electron chi connectivity index (χ1n) is 7.27. The van der Waals surface area contributed by atoms with E-state index in [0.717, 1.165) is 30.0 Å². The highest BCUT2D eigenvalue weighted by atomic mass is 35.5. The van der Waals surface area contributed by atoms with Gasteiger partial charge in [-0.05, 0) is 51.3 Å². The van der Waals surface area contributed by atoms with Crippen LogP contribution in [0.2, 0.25) is 5.02 Å². The second-order valence-corrected chi connectivity index (χ2v) is 6.75. The molecule has 0 aromatic heterocycles. The number of halogens is 1. The number of benzene rings is 1. The molecule has 1 fully saturated rings. The summed E-state index contributed by atoms with van der Waals surface area (Å²) in [4.78, 5) is 13.6. The van der Waals surface area contributed by atoms with Gasteiger partial charge >= 0.3 is 6.09 Å². The number of carbonyl (C=O) groups is 1. The maximum absolute atomic E-state index is 11.8. The van der Waals surface area contributed by atoms with E-state index in [9.17, 15) is 4.79 Å². The molecule has 0 saturated carbocycles. The minimum Gasteiger partial charge on any atom is -0.444 e. The molecule has 0 bridgehead atoms. The summed E-state index contributed by atoms with van der Waals surface area (Å²) in [5, 5.41) is 0.748. The molecule has 1 amide bonds. The summed E-state index contributed by atoms with van der Waals surface area (Å²) in [6.07, 6.45) is 5.94. The van der Waals surface area contributed by atoms with Crippen molar-refractivity contribution in [1.29, 1.82) is 0 Å². The molecule has 0 spiro atoms. The maximum Gasteiger partial charge on any atom is 0.410 e. The van der Waals surface area contributed by atoms with Gasteiger partial charge in [-0.25, -0.2) is 4.79 Å². The van der Waals surface area contributed by atoms with E-state index in [1.165, 1.54) is 0 Å². The van der Waals surface area contributed by atoms with Crippen molar-refractivity contribution >= 4 is 23.8 Å². The van der Waals surface area contributed by atoms with Crippen molar-refractivity contribution in [2.75, 3.05) is 6.54 Å². The Bertz CT molecular complexity index is 517. The van der Waals surface area contributed by atoms with Gasteiger partial charge in [0.2, 0.25) is 0 Å². The van der Waals surface area contributed by atoms with Gasteiger partial charge in [-0.1, -0.05) is 35.9 Å². The first-order chi connectivity index (χ1) is 9.85. The van der Waals surface area contributed by atoms with Gasteiger partial charge in [0.25, 0.3) is 0 Å². The van der Waals surface area contributed by atoms with Gasteiger partial charge < -0.3 is 9.64 Å². The Labute approximate surface area is 131 Å². The largest absolute Gasteiger partial charge is 0.444 e. The van der Waals surface area contributed by atoms with Crippen molar-refractivity contribution in [2.45, 2.75) is 45.3 Å². The van der Waals surface area contributed by atoms with Crippen LogP contribution < -0.4 is 0 Å². The molecule has 0 N–H and O–H groups in total. The standard InChI is InChI=1S/C17H22ClNO2/c1-17(2,3)21-16(20)19-12-15(19)7-5-4-6-13-8-10-14(18)11-9-13/h4,6,8-11,15H,5,7,12H2,1-3H3/b6-4+/t15-,19?/m0/s1. The van der Waals surface area contributed by atoms with Gasteiger partial charge in [-0.3, -0.25) is 0 Å². The predicted molar refractivity (Wildman–Crippen MR) is 86.4 cm³/mol. The van der Waals surface area contributed by atoms with Crippen LogP contribution in [-0.2, 0) is 4.74 Å². The van der Waals surface area contributed by atoms with Crippen LogP contribution >= 0.6 is 11.6 Å². The van der Waals surface area contributed by atoms with E-state index in [2.05, 4.69) is 12.2 Å². The fourth-order valence-electron chi connectivity index (χ4n) is 2.05. The molecule has 4 heteroatoms. The smallest absolute Gasteiger partial charge is 0.410 e. The van der Waals surface area contributed by atoms with Crippen molar-refractivity contribution in [2.24, 2.45) is 0 Å². The molecule has 3 nitrogen and oxygen atoms in total. The highest BCUT2D eigenvalue weighted by Gasteiger charge is 2.40. The van der Waals surface area contributed by atoms with Crippen LogP contribution in [0.25, 0.3) is 6.08 Å². The lowest BCUT2D eigenvalue weighted by Gasteiger charge is -2.19. The average molecular weight is 308 g/mol. The molecule has 1 aromatic rings.